The Labute approximate surface area is 178 Å². The molecular formula is C23H23F2N3O3. The highest BCUT2D eigenvalue weighted by molar-refractivity contribution is 6.05. The van der Waals surface area contributed by atoms with Gasteiger partial charge in [-0.2, -0.15) is 5.10 Å². The van der Waals surface area contributed by atoms with E-state index in [1.54, 1.807) is 30.7 Å². The number of hydrogen-bond acceptors (Lipinski definition) is 3. The zero-order valence-corrected chi connectivity index (χ0v) is 17.4. The van der Waals surface area contributed by atoms with Crippen molar-refractivity contribution in [3.63, 3.8) is 0 Å². The summed E-state index contributed by atoms with van der Waals surface area (Å²) < 4.78 is 27.3. The van der Waals surface area contributed by atoms with Crippen molar-refractivity contribution in [2.75, 3.05) is 5.32 Å². The van der Waals surface area contributed by atoms with E-state index in [4.69, 9.17) is 5.11 Å². The Morgan fingerprint density at radius 2 is 1.77 bits per heavy atom. The number of anilines is 1. The summed E-state index contributed by atoms with van der Waals surface area (Å²) >= 11 is 0. The number of aryl methyl sites for hydroxylation is 2. The van der Waals surface area contributed by atoms with E-state index < -0.39 is 12.4 Å². The van der Waals surface area contributed by atoms with Crippen LogP contribution >= 0.6 is 0 Å². The third-order valence-corrected chi connectivity index (χ3v) is 5.15. The molecule has 8 heteroatoms. The number of benzene rings is 2. The van der Waals surface area contributed by atoms with Crippen LogP contribution in [0.25, 0.3) is 0 Å². The molecule has 0 unspecified atom stereocenters. The van der Waals surface area contributed by atoms with Crippen LogP contribution in [0, 0.1) is 20.8 Å². The van der Waals surface area contributed by atoms with Gasteiger partial charge in [0.15, 0.2) is 0 Å². The number of hydrogen-bond donors (Lipinski definition) is 2. The molecule has 162 valence electrons. The maximum atomic E-state index is 12.8. The zero-order chi connectivity index (χ0) is 22.7. The largest absolute Gasteiger partial charge is 0.481 e. The van der Waals surface area contributed by atoms with Gasteiger partial charge in [0, 0.05) is 28.1 Å². The molecule has 0 fully saturated rings. The standard InChI is InChI=1S/C23H23F2N3O3/c1-13-10-17(22(24)25)6-9-19(13)23(31)26-18-7-4-16(5-8-18)12-28-15(3)20(11-21(29)30)14(2)27-28/h4-10,22H,11-12H2,1-3H3,(H,26,31)(H,29,30). The average molecular weight is 427 g/mol. The summed E-state index contributed by atoms with van der Waals surface area (Å²) in [5.41, 5.74) is 4.42. The van der Waals surface area contributed by atoms with Gasteiger partial charge in [0.1, 0.15) is 0 Å². The number of aromatic nitrogens is 2. The first kappa shape index (κ1) is 22.1. The number of carboxylic acid groups (broad SMARTS) is 1. The summed E-state index contributed by atoms with van der Waals surface area (Å²) in [7, 11) is 0. The van der Waals surface area contributed by atoms with E-state index in [9.17, 15) is 18.4 Å². The Bertz CT molecular complexity index is 1120. The molecule has 0 radical (unpaired) electrons. The van der Waals surface area contributed by atoms with Gasteiger partial charge in [-0.25, -0.2) is 8.78 Å². The minimum Gasteiger partial charge on any atom is -0.481 e. The number of carbonyl (C=O) groups excluding carboxylic acids is 1. The number of carbonyl (C=O) groups is 2. The van der Waals surface area contributed by atoms with Crippen molar-refractivity contribution in [1.82, 2.24) is 9.78 Å². The molecule has 0 atom stereocenters. The van der Waals surface area contributed by atoms with Gasteiger partial charge >= 0.3 is 5.97 Å². The summed E-state index contributed by atoms with van der Waals surface area (Å²) in [6.07, 6.45) is -2.65. The monoisotopic (exact) mass is 427 g/mol. The first-order valence-corrected chi connectivity index (χ1v) is 9.69. The number of nitrogens with one attached hydrogen (secondary N) is 1. The van der Waals surface area contributed by atoms with E-state index in [1.165, 1.54) is 18.2 Å². The third-order valence-electron chi connectivity index (χ3n) is 5.15. The SMILES string of the molecule is Cc1cc(C(F)F)ccc1C(=O)Nc1ccc(Cn2nc(C)c(CC(=O)O)c2C)cc1. The molecule has 0 bridgehead atoms. The third kappa shape index (κ3) is 5.14. The second-order valence-electron chi connectivity index (χ2n) is 7.40. The smallest absolute Gasteiger partial charge is 0.307 e. The summed E-state index contributed by atoms with van der Waals surface area (Å²) in [5.74, 6) is -1.27. The number of amides is 1. The molecule has 1 aromatic heterocycles. The fourth-order valence-corrected chi connectivity index (χ4v) is 3.44. The number of nitrogens with zero attached hydrogens (tertiary/aromatic N) is 2. The van der Waals surface area contributed by atoms with Crippen LogP contribution in [0.2, 0.25) is 0 Å². The Morgan fingerprint density at radius 3 is 2.35 bits per heavy atom. The summed E-state index contributed by atoms with van der Waals surface area (Å²) in [5, 5.41) is 16.2. The van der Waals surface area contributed by atoms with E-state index in [1.807, 2.05) is 19.1 Å². The molecule has 31 heavy (non-hydrogen) atoms. The molecule has 0 saturated heterocycles. The van der Waals surface area contributed by atoms with Crippen molar-refractivity contribution in [3.05, 3.63) is 81.7 Å². The van der Waals surface area contributed by atoms with Gasteiger partial charge < -0.3 is 10.4 Å². The average Bonchev–Trinajstić information content (AvgIpc) is 2.96. The molecule has 3 rings (SSSR count). The van der Waals surface area contributed by atoms with Gasteiger partial charge in [0.2, 0.25) is 0 Å². The van der Waals surface area contributed by atoms with E-state index in [0.717, 1.165) is 11.3 Å². The minimum atomic E-state index is -2.58. The quantitative estimate of drug-likeness (QED) is 0.574. The molecular weight excluding hydrogens is 404 g/mol. The zero-order valence-electron chi connectivity index (χ0n) is 17.4. The molecule has 0 saturated carbocycles. The Hall–Kier alpha value is -3.55. The van der Waals surface area contributed by atoms with Gasteiger partial charge in [-0.1, -0.05) is 18.2 Å². The minimum absolute atomic E-state index is 0.0691. The number of carboxylic acids is 1. The van der Waals surface area contributed by atoms with Crippen LogP contribution in [0.5, 0.6) is 0 Å². The van der Waals surface area contributed by atoms with Crippen molar-refractivity contribution >= 4 is 17.6 Å². The topological polar surface area (TPSA) is 84.2 Å². The fourth-order valence-electron chi connectivity index (χ4n) is 3.44. The van der Waals surface area contributed by atoms with E-state index in [0.29, 0.717) is 34.6 Å². The summed E-state index contributed by atoms with van der Waals surface area (Å²) in [6.45, 7) is 5.72. The van der Waals surface area contributed by atoms with Crippen LogP contribution in [0.1, 0.15) is 50.4 Å². The lowest BCUT2D eigenvalue weighted by atomic mass is 10.0. The summed E-state index contributed by atoms with van der Waals surface area (Å²) in [4.78, 5) is 23.5. The molecule has 6 nitrogen and oxygen atoms in total. The maximum absolute atomic E-state index is 12.8. The van der Waals surface area contributed by atoms with Crippen molar-refractivity contribution in [2.24, 2.45) is 0 Å². The molecule has 2 N–H and O–H groups in total. The molecule has 0 aliphatic heterocycles. The molecule has 1 heterocycles. The van der Waals surface area contributed by atoms with E-state index in [2.05, 4.69) is 10.4 Å². The van der Waals surface area contributed by atoms with Crippen molar-refractivity contribution in [2.45, 2.75) is 40.2 Å². The van der Waals surface area contributed by atoms with Gasteiger partial charge in [-0.15, -0.1) is 0 Å². The van der Waals surface area contributed by atoms with E-state index >= 15 is 0 Å². The second kappa shape index (κ2) is 9.07. The molecule has 0 spiro atoms. The number of halogens is 2. The van der Waals surface area contributed by atoms with Crippen LogP contribution in [-0.4, -0.2) is 26.8 Å². The molecule has 1 amide bonds. The normalized spacial score (nSPS) is 11.0. The van der Waals surface area contributed by atoms with E-state index in [-0.39, 0.29) is 17.9 Å². The van der Waals surface area contributed by atoms with Gasteiger partial charge in [0.05, 0.1) is 18.7 Å². The van der Waals surface area contributed by atoms with Crippen molar-refractivity contribution < 1.29 is 23.5 Å². The van der Waals surface area contributed by atoms with Crippen LogP contribution in [0.3, 0.4) is 0 Å². The lowest BCUT2D eigenvalue weighted by molar-refractivity contribution is -0.136. The van der Waals surface area contributed by atoms with Crippen LogP contribution in [0.4, 0.5) is 14.5 Å². The maximum Gasteiger partial charge on any atom is 0.307 e. The van der Waals surface area contributed by atoms with Crippen LogP contribution in [-0.2, 0) is 17.8 Å². The Balaban J connectivity index is 1.70. The van der Waals surface area contributed by atoms with Crippen molar-refractivity contribution in [1.29, 1.82) is 0 Å². The molecule has 3 aromatic rings. The van der Waals surface area contributed by atoms with Gasteiger partial charge in [-0.3, -0.25) is 14.3 Å². The highest BCUT2D eigenvalue weighted by atomic mass is 19.3. The predicted octanol–water partition coefficient (Wildman–Crippen LogP) is 4.67. The fraction of sp³-hybridized carbons (Fsp3) is 0.261. The van der Waals surface area contributed by atoms with Gasteiger partial charge in [0.25, 0.3) is 12.3 Å². The Morgan fingerprint density at radius 1 is 1.10 bits per heavy atom. The molecule has 0 aliphatic carbocycles. The van der Waals surface area contributed by atoms with Gasteiger partial charge in [-0.05, 0) is 56.2 Å². The Kier molecular flexibility index (Phi) is 6.48. The summed E-state index contributed by atoms with van der Waals surface area (Å²) in [6, 6.07) is 11.2. The van der Waals surface area contributed by atoms with Crippen LogP contribution in [0.15, 0.2) is 42.5 Å². The number of aliphatic carboxylic acids is 1. The van der Waals surface area contributed by atoms with Crippen LogP contribution < -0.4 is 5.32 Å². The number of alkyl halides is 2. The number of rotatable bonds is 7. The highest BCUT2D eigenvalue weighted by Gasteiger charge is 2.15. The predicted molar refractivity (Wildman–Crippen MR) is 113 cm³/mol. The lowest BCUT2D eigenvalue weighted by Gasteiger charge is -2.10. The molecule has 2 aromatic carbocycles. The highest BCUT2D eigenvalue weighted by Crippen LogP contribution is 2.22. The lowest BCUT2D eigenvalue weighted by Crippen LogP contribution is -2.13. The first-order chi connectivity index (χ1) is 14.7. The second-order valence-corrected chi connectivity index (χ2v) is 7.40. The molecule has 0 aliphatic rings. The van der Waals surface area contributed by atoms with Crippen molar-refractivity contribution in [3.8, 4) is 0 Å². The first-order valence-electron chi connectivity index (χ1n) is 9.69.